The highest BCUT2D eigenvalue weighted by Gasteiger charge is 1.91. The second-order valence-electron chi connectivity index (χ2n) is 2.57. The number of rotatable bonds is 4. The van der Waals surface area contributed by atoms with Crippen molar-refractivity contribution in [3.05, 3.63) is 42.0 Å². The van der Waals surface area contributed by atoms with Gasteiger partial charge in [0.2, 0.25) is 0 Å². The van der Waals surface area contributed by atoms with E-state index in [0.717, 1.165) is 12.0 Å². The van der Waals surface area contributed by atoms with E-state index in [1.165, 1.54) is 0 Å². The summed E-state index contributed by atoms with van der Waals surface area (Å²) in [4.78, 5) is 10.3. The molecular formula is C11H12O2. The van der Waals surface area contributed by atoms with Crippen LogP contribution in [0.2, 0.25) is 0 Å². The van der Waals surface area contributed by atoms with Crippen molar-refractivity contribution in [3.63, 3.8) is 0 Å². The summed E-state index contributed by atoms with van der Waals surface area (Å²) in [6, 6.07) is 7.04. The van der Waals surface area contributed by atoms with Crippen LogP contribution in [0.15, 0.2) is 36.4 Å². The highest BCUT2D eigenvalue weighted by molar-refractivity contribution is 5.74. The summed E-state index contributed by atoms with van der Waals surface area (Å²) in [5, 5.41) is 0. The molecule has 0 saturated heterocycles. The zero-order valence-electron chi connectivity index (χ0n) is 7.57. The number of aldehydes is 1. The number of hydrogen-bond acceptors (Lipinski definition) is 2. The molecule has 0 aliphatic heterocycles. The first-order valence-electron chi connectivity index (χ1n) is 4.16. The Morgan fingerprint density at radius 2 is 2.00 bits per heavy atom. The predicted octanol–water partition coefficient (Wildman–Crippen LogP) is 2.45. The van der Waals surface area contributed by atoms with Gasteiger partial charge < -0.3 is 4.74 Å². The van der Waals surface area contributed by atoms with Crippen molar-refractivity contribution in [2.75, 3.05) is 6.61 Å². The molecule has 0 aliphatic rings. The normalized spacial score (nSPS) is 10.2. The number of carbonyl (C=O) groups excluding carboxylic acids is 1. The van der Waals surface area contributed by atoms with Crippen LogP contribution in [0.5, 0.6) is 5.75 Å². The van der Waals surface area contributed by atoms with Gasteiger partial charge in [-0.15, -0.1) is 0 Å². The predicted molar refractivity (Wildman–Crippen MR) is 52.1 cm³/mol. The fourth-order valence-electron chi connectivity index (χ4n) is 0.883. The highest BCUT2D eigenvalue weighted by atomic mass is 16.5. The molecule has 0 spiro atoms. The van der Waals surface area contributed by atoms with Crippen LogP contribution in [0.25, 0.3) is 0 Å². The molecule has 0 aliphatic carbocycles. The van der Waals surface area contributed by atoms with Gasteiger partial charge in [0.25, 0.3) is 0 Å². The van der Waals surface area contributed by atoms with E-state index in [9.17, 15) is 4.79 Å². The molecule has 0 saturated carbocycles. The van der Waals surface area contributed by atoms with Crippen molar-refractivity contribution in [1.29, 1.82) is 0 Å². The van der Waals surface area contributed by atoms with Gasteiger partial charge in [0, 0.05) is 5.56 Å². The Morgan fingerprint density at radius 3 is 2.54 bits per heavy atom. The van der Waals surface area contributed by atoms with Gasteiger partial charge in [-0.2, -0.15) is 0 Å². The first-order chi connectivity index (χ1) is 6.36. The van der Waals surface area contributed by atoms with Crippen LogP contribution in [0.1, 0.15) is 17.3 Å². The van der Waals surface area contributed by atoms with Crippen LogP contribution in [0.3, 0.4) is 0 Å². The third-order valence-electron chi connectivity index (χ3n) is 1.60. The number of allylic oxidation sites excluding steroid dienone is 1. The van der Waals surface area contributed by atoms with E-state index in [1.807, 2.05) is 19.1 Å². The second-order valence-corrected chi connectivity index (χ2v) is 2.57. The SMILES string of the molecule is CC=CCOc1ccc(C=O)cc1. The van der Waals surface area contributed by atoms with Crippen LogP contribution in [0.4, 0.5) is 0 Å². The minimum absolute atomic E-state index is 0.566. The van der Waals surface area contributed by atoms with E-state index in [1.54, 1.807) is 24.3 Å². The summed E-state index contributed by atoms with van der Waals surface area (Å²) in [5.74, 6) is 0.781. The molecule has 68 valence electrons. The van der Waals surface area contributed by atoms with Crippen molar-refractivity contribution < 1.29 is 9.53 Å². The quantitative estimate of drug-likeness (QED) is 0.520. The molecule has 0 atom stereocenters. The van der Waals surface area contributed by atoms with Crippen molar-refractivity contribution in [2.45, 2.75) is 6.92 Å². The van der Waals surface area contributed by atoms with Crippen LogP contribution in [-0.4, -0.2) is 12.9 Å². The van der Waals surface area contributed by atoms with E-state index in [-0.39, 0.29) is 0 Å². The molecule has 2 heteroatoms. The van der Waals surface area contributed by atoms with Gasteiger partial charge in [0.15, 0.2) is 0 Å². The molecule has 0 N–H and O–H groups in total. The monoisotopic (exact) mass is 176 g/mol. The maximum absolute atomic E-state index is 10.3. The van der Waals surface area contributed by atoms with Crippen LogP contribution in [0, 0.1) is 0 Å². The first kappa shape index (κ1) is 9.52. The smallest absolute Gasteiger partial charge is 0.150 e. The molecule has 0 fully saturated rings. The number of ether oxygens (including phenoxy) is 1. The molecule has 0 amide bonds. The summed E-state index contributed by atoms with van der Waals surface area (Å²) in [5.41, 5.74) is 0.665. The molecule has 1 aromatic rings. The van der Waals surface area contributed by atoms with E-state index in [4.69, 9.17) is 4.74 Å². The average molecular weight is 176 g/mol. The molecule has 2 nitrogen and oxygen atoms in total. The third kappa shape index (κ3) is 3.11. The zero-order chi connectivity index (χ0) is 9.52. The number of hydrogen-bond donors (Lipinski definition) is 0. The van der Waals surface area contributed by atoms with Crippen molar-refractivity contribution in [3.8, 4) is 5.75 Å². The van der Waals surface area contributed by atoms with Gasteiger partial charge in [-0.3, -0.25) is 4.79 Å². The Kier molecular flexibility index (Phi) is 3.76. The summed E-state index contributed by atoms with van der Waals surface area (Å²) in [6.45, 7) is 2.51. The molecular weight excluding hydrogens is 164 g/mol. The minimum atomic E-state index is 0.566. The summed E-state index contributed by atoms with van der Waals surface area (Å²) in [7, 11) is 0. The average Bonchev–Trinajstić information content (AvgIpc) is 2.19. The summed E-state index contributed by atoms with van der Waals surface area (Å²) < 4.78 is 5.34. The van der Waals surface area contributed by atoms with Crippen LogP contribution >= 0.6 is 0 Å². The zero-order valence-corrected chi connectivity index (χ0v) is 7.57. The Morgan fingerprint density at radius 1 is 1.31 bits per heavy atom. The van der Waals surface area contributed by atoms with Gasteiger partial charge in [-0.05, 0) is 31.2 Å². The van der Waals surface area contributed by atoms with E-state index >= 15 is 0 Å². The van der Waals surface area contributed by atoms with Gasteiger partial charge in [0.1, 0.15) is 18.6 Å². The Labute approximate surface area is 77.8 Å². The van der Waals surface area contributed by atoms with E-state index < -0.39 is 0 Å². The molecule has 0 heterocycles. The second kappa shape index (κ2) is 5.14. The van der Waals surface area contributed by atoms with Gasteiger partial charge in [0.05, 0.1) is 0 Å². The van der Waals surface area contributed by atoms with Gasteiger partial charge in [-0.25, -0.2) is 0 Å². The molecule has 0 aromatic heterocycles. The van der Waals surface area contributed by atoms with Crippen molar-refractivity contribution >= 4 is 6.29 Å². The number of benzene rings is 1. The summed E-state index contributed by atoms with van der Waals surface area (Å²) >= 11 is 0. The lowest BCUT2D eigenvalue weighted by atomic mass is 10.2. The third-order valence-corrected chi connectivity index (χ3v) is 1.60. The van der Waals surface area contributed by atoms with Crippen LogP contribution < -0.4 is 4.74 Å². The lowest BCUT2D eigenvalue weighted by Crippen LogP contribution is -1.92. The fourth-order valence-corrected chi connectivity index (χ4v) is 0.883. The largest absolute Gasteiger partial charge is 0.490 e. The topological polar surface area (TPSA) is 26.3 Å². The molecule has 0 radical (unpaired) electrons. The molecule has 0 bridgehead atoms. The maximum Gasteiger partial charge on any atom is 0.150 e. The fraction of sp³-hybridized carbons (Fsp3) is 0.182. The summed E-state index contributed by atoms with van der Waals surface area (Å²) in [6.07, 6.45) is 4.67. The van der Waals surface area contributed by atoms with Crippen molar-refractivity contribution in [1.82, 2.24) is 0 Å². The molecule has 13 heavy (non-hydrogen) atoms. The molecule has 1 aromatic carbocycles. The first-order valence-corrected chi connectivity index (χ1v) is 4.16. The standard InChI is InChI=1S/C11H12O2/c1-2-3-8-13-11-6-4-10(9-12)5-7-11/h2-7,9H,8H2,1H3. The van der Waals surface area contributed by atoms with Crippen LogP contribution in [-0.2, 0) is 0 Å². The van der Waals surface area contributed by atoms with E-state index in [2.05, 4.69) is 0 Å². The maximum atomic E-state index is 10.3. The molecule has 1 rings (SSSR count). The lowest BCUT2D eigenvalue weighted by molar-refractivity contribution is 0.112. The Hall–Kier alpha value is -1.57. The van der Waals surface area contributed by atoms with E-state index in [0.29, 0.717) is 12.2 Å². The van der Waals surface area contributed by atoms with Gasteiger partial charge >= 0.3 is 0 Å². The number of carbonyl (C=O) groups is 1. The highest BCUT2D eigenvalue weighted by Crippen LogP contribution is 2.10. The Bertz CT molecular complexity index is 285. The van der Waals surface area contributed by atoms with Crippen molar-refractivity contribution in [2.24, 2.45) is 0 Å². The molecule has 0 unspecified atom stereocenters. The Balaban J connectivity index is 2.53. The van der Waals surface area contributed by atoms with Gasteiger partial charge in [-0.1, -0.05) is 12.2 Å². The lowest BCUT2D eigenvalue weighted by Gasteiger charge is -2.01. The minimum Gasteiger partial charge on any atom is -0.490 e.